The number of carbonyl (C=O) groups is 1. The van der Waals surface area contributed by atoms with Crippen LogP contribution in [0.15, 0.2) is 24.3 Å². The smallest absolute Gasteiger partial charge is 0.317 e. The number of carbonyl (C=O) groups excluding carboxylic acids is 1. The van der Waals surface area contributed by atoms with Crippen LogP contribution >= 0.6 is 0 Å². The van der Waals surface area contributed by atoms with Crippen molar-refractivity contribution < 1.29 is 4.79 Å². The lowest BCUT2D eigenvalue weighted by Gasteiger charge is -2.35. The maximum atomic E-state index is 12.7. The number of nitrogens with zero attached hydrogens (tertiary/aromatic N) is 2. The van der Waals surface area contributed by atoms with E-state index in [1.165, 1.54) is 56.1 Å². The molecule has 0 bridgehead atoms. The number of likely N-dealkylation sites (tertiary alicyclic amines) is 1. The number of amides is 2. The van der Waals surface area contributed by atoms with Gasteiger partial charge in [-0.1, -0.05) is 56.4 Å². The van der Waals surface area contributed by atoms with Crippen LogP contribution in [0.5, 0.6) is 0 Å². The molecule has 4 heteroatoms. The summed E-state index contributed by atoms with van der Waals surface area (Å²) < 4.78 is 0. The van der Waals surface area contributed by atoms with Gasteiger partial charge in [0.2, 0.25) is 0 Å². The predicted molar refractivity (Wildman–Crippen MR) is 112 cm³/mol. The lowest BCUT2D eigenvalue weighted by atomic mass is 9.96. The minimum absolute atomic E-state index is 0.137. The SMILES string of the molecule is Cc1ccccc1CN1CCC(NC(=O)N(C)C2CCCCCCC2)CC1. The Labute approximate surface area is 165 Å². The third-order valence-corrected chi connectivity index (χ3v) is 6.51. The Morgan fingerprint density at radius 3 is 2.33 bits per heavy atom. The Balaban J connectivity index is 1.42. The van der Waals surface area contributed by atoms with Crippen molar-refractivity contribution in [2.75, 3.05) is 20.1 Å². The second kappa shape index (κ2) is 10.1. The molecule has 0 radical (unpaired) electrons. The van der Waals surface area contributed by atoms with Gasteiger partial charge in [0.1, 0.15) is 0 Å². The maximum absolute atomic E-state index is 12.7. The summed E-state index contributed by atoms with van der Waals surface area (Å²) in [5.74, 6) is 0. The molecule has 0 aromatic heterocycles. The zero-order chi connectivity index (χ0) is 19.1. The zero-order valence-electron chi connectivity index (χ0n) is 17.3. The average Bonchev–Trinajstić information content (AvgIpc) is 2.64. The van der Waals surface area contributed by atoms with Crippen molar-refractivity contribution in [3.05, 3.63) is 35.4 Å². The van der Waals surface area contributed by atoms with Gasteiger partial charge in [0.05, 0.1) is 0 Å². The Kier molecular flexibility index (Phi) is 7.57. The van der Waals surface area contributed by atoms with E-state index in [1.54, 1.807) is 0 Å². The number of rotatable bonds is 4. The Morgan fingerprint density at radius 2 is 1.67 bits per heavy atom. The van der Waals surface area contributed by atoms with Crippen LogP contribution in [0.2, 0.25) is 0 Å². The molecule has 2 amide bonds. The van der Waals surface area contributed by atoms with Gasteiger partial charge in [-0.15, -0.1) is 0 Å². The fourth-order valence-corrected chi connectivity index (χ4v) is 4.53. The number of benzene rings is 1. The monoisotopic (exact) mass is 371 g/mol. The Morgan fingerprint density at radius 1 is 1.04 bits per heavy atom. The highest BCUT2D eigenvalue weighted by Gasteiger charge is 2.25. The maximum Gasteiger partial charge on any atom is 0.317 e. The van der Waals surface area contributed by atoms with Gasteiger partial charge in [-0.2, -0.15) is 0 Å². The molecule has 0 unspecified atom stereocenters. The van der Waals surface area contributed by atoms with E-state index >= 15 is 0 Å². The van der Waals surface area contributed by atoms with Crippen molar-refractivity contribution in [2.24, 2.45) is 0 Å². The molecule has 1 saturated heterocycles. The number of hydrogen-bond acceptors (Lipinski definition) is 2. The van der Waals surface area contributed by atoms with Crippen molar-refractivity contribution in [3.63, 3.8) is 0 Å². The number of hydrogen-bond donors (Lipinski definition) is 1. The molecule has 1 saturated carbocycles. The molecule has 4 nitrogen and oxygen atoms in total. The van der Waals surface area contributed by atoms with Gasteiger partial charge in [-0.05, 0) is 43.7 Å². The summed E-state index contributed by atoms with van der Waals surface area (Å²) in [7, 11) is 1.99. The normalized spacial score (nSPS) is 20.7. The number of nitrogens with one attached hydrogen (secondary N) is 1. The Bertz CT molecular complexity index is 587. The predicted octanol–water partition coefficient (Wildman–Crippen LogP) is 4.71. The molecule has 1 aromatic carbocycles. The molecule has 150 valence electrons. The minimum atomic E-state index is 0.137. The summed E-state index contributed by atoms with van der Waals surface area (Å²) in [6.45, 7) is 5.34. The largest absolute Gasteiger partial charge is 0.335 e. The first-order valence-corrected chi connectivity index (χ1v) is 10.9. The van der Waals surface area contributed by atoms with E-state index in [9.17, 15) is 4.79 Å². The first kappa shape index (κ1) is 20.2. The molecular weight excluding hydrogens is 334 g/mol. The van der Waals surface area contributed by atoms with Gasteiger partial charge in [0.15, 0.2) is 0 Å². The fourth-order valence-electron chi connectivity index (χ4n) is 4.53. The lowest BCUT2D eigenvalue weighted by Crippen LogP contribution is -2.50. The third-order valence-electron chi connectivity index (χ3n) is 6.51. The second-order valence-corrected chi connectivity index (χ2v) is 8.54. The van der Waals surface area contributed by atoms with E-state index in [0.717, 1.165) is 32.5 Å². The summed E-state index contributed by atoms with van der Waals surface area (Å²) in [6.07, 6.45) is 11.0. The number of urea groups is 1. The first-order valence-electron chi connectivity index (χ1n) is 10.9. The molecule has 3 rings (SSSR count). The highest BCUT2D eigenvalue weighted by atomic mass is 16.2. The van der Waals surface area contributed by atoms with Gasteiger partial charge in [0, 0.05) is 38.8 Å². The average molecular weight is 372 g/mol. The fraction of sp³-hybridized carbons (Fsp3) is 0.696. The van der Waals surface area contributed by atoms with Gasteiger partial charge >= 0.3 is 6.03 Å². The molecular formula is C23H37N3O. The van der Waals surface area contributed by atoms with Crippen LogP contribution in [-0.2, 0) is 6.54 Å². The van der Waals surface area contributed by atoms with Gasteiger partial charge in [-0.25, -0.2) is 4.79 Å². The van der Waals surface area contributed by atoms with Gasteiger partial charge in [0.25, 0.3) is 0 Å². The van der Waals surface area contributed by atoms with E-state index in [1.807, 2.05) is 11.9 Å². The van der Waals surface area contributed by atoms with Crippen LogP contribution in [0.3, 0.4) is 0 Å². The molecule has 1 aliphatic carbocycles. The molecule has 1 N–H and O–H groups in total. The topological polar surface area (TPSA) is 35.6 Å². The van der Waals surface area contributed by atoms with Crippen molar-refractivity contribution in [1.82, 2.24) is 15.1 Å². The minimum Gasteiger partial charge on any atom is -0.335 e. The van der Waals surface area contributed by atoms with Crippen LogP contribution in [-0.4, -0.2) is 48.1 Å². The molecule has 1 aliphatic heterocycles. The van der Waals surface area contributed by atoms with Gasteiger partial charge in [-0.3, -0.25) is 4.90 Å². The van der Waals surface area contributed by atoms with Gasteiger partial charge < -0.3 is 10.2 Å². The lowest BCUT2D eigenvalue weighted by molar-refractivity contribution is 0.158. The second-order valence-electron chi connectivity index (χ2n) is 8.54. The molecule has 2 fully saturated rings. The zero-order valence-corrected chi connectivity index (χ0v) is 17.3. The quantitative estimate of drug-likeness (QED) is 0.832. The van der Waals surface area contributed by atoms with Crippen LogP contribution < -0.4 is 5.32 Å². The molecule has 0 atom stereocenters. The van der Waals surface area contributed by atoms with Crippen LogP contribution in [0.25, 0.3) is 0 Å². The van der Waals surface area contributed by atoms with Crippen LogP contribution in [0.1, 0.15) is 68.9 Å². The van der Waals surface area contributed by atoms with E-state index in [-0.39, 0.29) is 6.03 Å². The molecule has 1 heterocycles. The van der Waals surface area contributed by atoms with E-state index in [2.05, 4.69) is 41.4 Å². The Hall–Kier alpha value is -1.55. The van der Waals surface area contributed by atoms with E-state index < -0.39 is 0 Å². The number of aryl methyl sites for hydroxylation is 1. The van der Waals surface area contributed by atoms with Crippen molar-refractivity contribution in [2.45, 2.75) is 83.3 Å². The summed E-state index contributed by atoms with van der Waals surface area (Å²) in [5, 5.41) is 3.31. The summed E-state index contributed by atoms with van der Waals surface area (Å²) in [6, 6.07) is 9.53. The van der Waals surface area contributed by atoms with E-state index in [0.29, 0.717) is 12.1 Å². The van der Waals surface area contributed by atoms with Crippen LogP contribution in [0.4, 0.5) is 4.79 Å². The summed E-state index contributed by atoms with van der Waals surface area (Å²) >= 11 is 0. The van der Waals surface area contributed by atoms with Crippen molar-refractivity contribution in [1.29, 1.82) is 0 Å². The third kappa shape index (κ3) is 5.97. The van der Waals surface area contributed by atoms with Crippen molar-refractivity contribution >= 4 is 6.03 Å². The highest BCUT2D eigenvalue weighted by Crippen LogP contribution is 2.21. The number of piperidine rings is 1. The van der Waals surface area contributed by atoms with Crippen LogP contribution in [0, 0.1) is 6.92 Å². The first-order chi connectivity index (χ1) is 13.1. The summed E-state index contributed by atoms with van der Waals surface area (Å²) in [4.78, 5) is 17.2. The standard InChI is InChI=1S/C23H37N3O/c1-19-10-8-9-11-20(19)18-26-16-14-21(15-17-26)24-23(27)25(2)22-12-6-4-3-5-7-13-22/h8-11,21-22H,3-7,12-18H2,1-2H3,(H,24,27). The summed E-state index contributed by atoms with van der Waals surface area (Å²) in [5.41, 5.74) is 2.79. The van der Waals surface area contributed by atoms with Crippen molar-refractivity contribution in [3.8, 4) is 0 Å². The van der Waals surface area contributed by atoms with E-state index in [4.69, 9.17) is 0 Å². The molecule has 27 heavy (non-hydrogen) atoms. The highest BCUT2D eigenvalue weighted by molar-refractivity contribution is 5.74. The molecule has 0 spiro atoms. The molecule has 2 aliphatic rings. The molecule has 1 aromatic rings.